The SMILES string of the molecule is CCCNC1CCCc2nc(-c3cc(C)ccn3)sc21. The normalized spacial score (nSPS) is 18.0. The topological polar surface area (TPSA) is 37.8 Å². The van der Waals surface area contributed by atoms with Crippen molar-refractivity contribution in [3.8, 4) is 10.7 Å². The fourth-order valence-electron chi connectivity index (χ4n) is 2.70. The Morgan fingerprint density at radius 1 is 1.45 bits per heavy atom. The Labute approximate surface area is 124 Å². The molecule has 3 nitrogen and oxygen atoms in total. The first kappa shape index (κ1) is 13.7. The van der Waals surface area contributed by atoms with E-state index in [2.05, 4.69) is 30.2 Å². The minimum absolute atomic E-state index is 0.495. The van der Waals surface area contributed by atoms with Crippen molar-refractivity contribution in [3.05, 3.63) is 34.5 Å². The first-order valence-electron chi connectivity index (χ1n) is 7.44. The van der Waals surface area contributed by atoms with Gasteiger partial charge in [0.2, 0.25) is 0 Å². The molecule has 0 saturated carbocycles. The molecular formula is C16H21N3S. The average molecular weight is 287 g/mol. The number of nitrogens with zero attached hydrogens (tertiary/aromatic N) is 2. The molecule has 1 unspecified atom stereocenters. The number of nitrogens with one attached hydrogen (secondary N) is 1. The van der Waals surface area contributed by atoms with Crippen LogP contribution < -0.4 is 5.32 Å². The summed E-state index contributed by atoms with van der Waals surface area (Å²) in [7, 11) is 0. The summed E-state index contributed by atoms with van der Waals surface area (Å²) in [6.07, 6.45) is 6.63. The van der Waals surface area contributed by atoms with Gasteiger partial charge in [-0.1, -0.05) is 6.92 Å². The van der Waals surface area contributed by atoms with Crippen LogP contribution in [0.5, 0.6) is 0 Å². The predicted molar refractivity (Wildman–Crippen MR) is 84.1 cm³/mol. The molecule has 1 atom stereocenters. The summed E-state index contributed by atoms with van der Waals surface area (Å²) in [6, 6.07) is 4.65. The summed E-state index contributed by atoms with van der Waals surface area (Å²) in [6.45, 7) is 5.40. The van der Waals surface area contributed by atoms with E-state index in [0.717, 1.165) is 23.7 Å². The van der Waals surface area contributed by atoms with Crippen molar-refractivity contribution in [2.75, 3.05) is 6.54 Å². The van der Waals surface area contributed by atoms with Gasteiger partial charge in [0.1, 0.15) is 5.01 Å². The number of hydrogen-bond donors (Lipinski definition) is 1. The molecule has 1 N–H and O–H groups in total. The molecule has 0 amide bonds. The van der Waals surface area contributed by atoms with E-state index in [-0.39, 0.29) is 0 Å². The first-order chi connectivity index (χ1) is 9.78. The number of thiazole rings is 1. The van der Waals surface area contributed by atoms with E-state index in [1.165, 1.54) is 35.4 Å². The van der Waals surface area contributed by atoms with Gasteiger partial charge in [-0.15, -0.1) is 11.3 Å². The van der Waals surface area contributed by atoms with Crippen molar-refractivity contribution >= 4 is 11.3 Å². The van der Waals surface area contributed by atoms with Gasteiger partial charge in [-0.25, -0.2) is 4.98 Å². The number of hydrogen-bond acceptors (Lipinski definition) is 4. The summed E-state index contributed by atoms with van der Waals surface area (Å²) < 4.78 is 0. The Hall–Kier alpha value is -1.26. The Balaban J connectivity index is 1.91. The maximum absolute atomic E-state index is 4.84. The second kappa shape index (κ2) is 6.02. The monoisotopic (exact) mass is 287 g/mol. The van der Waals surface area contributed by atoms with Crippen molar-refractivity contribution < 1.29 is 0 Å². The first-order valence-corrected chi connectivity index (χ1v) is 8.25. The molecule has 20 heavy (non-hydrogen) atoms. The van der Waals surface area contributed by atoms with Crippen LogP contribution in [-0.2, 0) is 6.42 Å². The van der Waals surface area contributed by atoms with Crippen LogP contribution in [0.4, 0.5) is 0 Å². The maximum atomic E-state index is 4.84. The van der Waals surface area contributed by atoms with Crippen molar-refractivity contribution in [1.82, 2.24) is 15.3 Å². The van der Waals surface area contributed by atoms with Gasteiger partial charge in [-0.05, 0) is 56.8 Å². The van der Waals surface area contributed by atoms with Crippen LogP contribution in [0.2, 0.25) is 0 Å². The number of aryl methyl sites for hydroxylation is 2. The highest BCUT2D eigenvalue weighted by Crippen LogP contribution is 2.37. The molecule has 2 aromatic heterocycles. The molecule has 0 aliphatic heterocycles. The highest BCUT2D eigenvalue weighted by atomic mass is 32.1. The lowest BCUT2D eigenvalue weighted by molar-refractivity contribution is 0.465. The predicted octanol–water partition coefficient (Wildman–Crippen LogP) is 3.89. The second-order valence-corrected chi connectivity index (χ2v) is 6.48. The lowest BCUT2D eigenvalue weighted by atomic mass is 9.98. The van der Waals surface area contributed by atoms with E-state index in [1.54, 1.807) is 0 Å². The third-order valence-corrected chi connectivity index (χ3v) is 4.96. The van der Waals surface area contributed by atoms with Gasteiger partial charge in [0.25, 0.3) is 0 Å². The summed E-state index contributed by atoms with van der Waals surface area (Å²) in [4.78, 5) is 10.7. The summed E-state index contributed by atoms with van der Waals surface area (Å²) in [5.41, 5.74) is 3.54. The quantitative estimate of drug-likeness (QED) is 0.927. The molecular weight excluding hydrogens is 266 g/mol. The van der Waals surface area contributed by atoms with E-state index >= 15 is 0 Å². The van der Waals surface area contributed by atoms with Gasteiger partial charge in [0, 0.05) is 17.1 Å². The minimum Gasteiger partial charge on any atom is -0.309 e. The fourth-order valence-corrected chi connectivity index (χ4v) is 3.88. The van der Waals surface area contributed by atoms with Crippen LogP contribution >= 0.6 is 11.3 Å². The van der Waals surface area contributed by atoms with Crippen LogP contribution in [0.1, 0.15) is 48.4 Å². The Kier molecular flexibility index (Phi) is 4.13. The molecule has 0 bridgehead atoms. The van der Waals surface area contributed by atoms with E-state index in [1.807, 2.05) is 23.6 Å². The van der Waals surface area contributed by atoms with Crippen LogP contribution in [0.15, 0.2) is 18.3 Å². The molecule has 1 aliphatic carbocycles. The largest absolute Gasteiger partial charge is 0.309 e. The highest BCUT2D eigenvalue weighted by Gasteiger charge is 2.24. The summed E-state index contributed by atoms with van der Waals surface area (Å²) in [5.74, 6) is 0. The number of rotatable bonds is 4. The van der Waals surface area contributed by atoms with Gasteiger partial charge < -0.3 is 5.32 Å². The van der Waals surface area contributed by atoms with Crippen LogP contribution in [0, 0.1) is 6.92 Å². The lowest BCUT2D eigenvalue weighted by Crippen LogP contribution is -2.24. The Morgan fingerprint density at radius 2 is 2.35 bits per heavy atom. The lowest BCUT2D eigenvalue weighted by Gasteiger charge is -2.22. The smallest absolute Gasteiger partial charge is 0.142 e. The summed E-state index contributed by atoms with van der Waals surface area (Å²) >= 11 is 1.82. The van der Waals surface area contributed by atoms with E-state index in [4.69, 9.17) is 4.98 Å². The molecule has 106 valence electrons. The number of aromatic nitrogens is 2. The molecule has 4 heteroatoms. The molecule has 0 radical (unpaired) electrons. The average Bonchev–Trinajstić information content (AvgIpc) is 2.89. The second-order valence-electron chi connectivity index (χ2n) is 5.45. The summed E-state index contributed by atoms with van der Waals surface area (Å²) in [5, 5.41) is 4.73. The Bertz CT molecular complexity index is 591. The molecule has 3 rings (SSSR count). The van der Waals surface area contributed by atoms with Gasteiger partial charge in [-0.2, -0.15) is 0 Å². The molecule has 2 aromatic rings. The third kappa shape index (κ3) is 2.76. The standard InChI is InChI=1S/C16H21N3S/c1-3-8-17-12-5-4-6-13-15(12)20-16(19-13)14-10-11(2)7-9-18-14/h7,9-10,12,17H,3-6,8H2,1-2H3. The highest BCUT2D eigenvalue weighted by molar-refractivity contribution is 7.15. The van der Waals surface area contributed by atoms with Crippen molar-refractivity contribution in [1.29, 1.82) is 0 Å². The van der Waals surface area contributed by atoms with Crippen molar-refractivity contribution in [3.63, 3.8) is 0 Å². The van der Waals surface area contributed by atoms with Gasteiger partial charge in [0.15, 0.2) is 0 Å². The van der Waals surface area contributed by atoms with Crippen molar-refractivity contribution in [2.45, 2.75) is 45.6 Å². The molecule has 0 aromatic carbocycles. The van der Waals surface area contributed by atoms with Crippen molar-refractivity contribution in [2.24, 2.45) is 0 Å². The fraction of sp³-hybridized carbons (Fsp3) is 0.500. The molecule has 1 aliphatic rings. The van der Waals surface area contributed by atoms with E-state index < -0.39 is 0 Å². The molecule has 0 saturated heterocycles. The molecule has 2 heterocycles. The third-order valence-electron chi connectivity index (χ3n) is 3.73. The van der Waals surface area contributed by atoms with Gasteiger partial charge in [0.05, 0.1) is 11.4 Å². The van der Waals surface area contributed by atoms with Gasteiger partial charge in [-0.3, -0.25) is 4.98 Å². The van der Waals surface area contributed by atoms with Crippen LogP contribution in [0.25, 0.3) is 10.7 Å². The van der Waals surface area contributed by atoms with E-state index in [0.29, 0.717) is 6.04 Å². The molecule has 0 spiro atoms. The van der Waals surface area contributed by atoms with Gasteiger partial charge >= 0.3 is 0 Å². The maximum Gasteiger partial charge on any atom is 0.142 e. The number of fused-ring (bicyclic) bond motifs is 1. The van der Waals surface area contributed by atoms with E-state index in [9.17, 15) is 0 Å². The molecule has 0 fully saturated rings. The zero-order valence-corrected chi connectivity index (χ0v) is 13.0. The number of pyridine rings is 1. The van der Waals surface area contributed by atoms with Crippen LogP contribution in [0.3, 0.4) is 0 Å². The van der Waals surface area contributed by atoms with Crippen LogP contribution in [-0.4, -0.2) is 16.5 Å². The minimum atomic E-state index is 0.495. The zero-order chi connectivity index (χ0) is 13.9. The zero-order valence-electron chi connectivity index (χ0n) is 12.1. The Morgan fingerprint density at radius 3 is 3.15 bits per heavy atom.